The van der Waals surface area contributed by atoms with Gasteiger partial charge >= 0.3 is 6.03 Å². The molecular formula is C17H25N3O. The van der Waals surface area contributed by atoms with Crippen molar-refractivity contribution in [2.45, 2.75) is 32.2 Å². The minimum atomic E-state index is 0.0703. The third-order valence-corrected chi connectivity index (χ3v) is 4.80. The van der Waals surface area contributed by atoms with Gasteiger partial charge in [-0.25, -0.2) is 4.79 Å². The summed E-state index contributed by atoms with van der Waals surface area (Å²) < 4.78 is 0. The standard InChI is InChI=1S/C17H25N3O/c1-3-14-6-4-5-7-16(14)18-17(21)20-11-13-8-9-15(20)12-19(2)10-13/h4-7,13,15H,3,8-12H2,1-2H3,(H,18,21)/t13-,15+/m0/s1. The summed E-state index contributed by atoms with van der Waals surface area (Å²) in [6.07, 6.45) is 3.33. The van der Waals surface area contributed by atoms with E-state index in [1.165, 1.54) is 12.0 Å². The number of nitrogens with zero attached hydrogens (tertiary/aromatic N) is 2. The first-order chi connectivity index (χ1) is 10.2. The van der Waals surface area contributed by atoms with Gasteiger partial charge in [-0.05, 0) is 43.9 Å². The van der Waals surface area contributed by atoms with Crippen LogP contribution in [0, 0.1) is 5.92 Å². The maximum Gasteiger partial charge on any atom is 0.322 e. The number of aryl methyl sites for hydroxylation is 1. The Balaban J connectivity index is 1.73. The summed E-state index contributed by atoms with van der Waals surface area (Å²) in [5.74, 6) is 0.626. The van der Waals surface area contributed by atoms with Crippen LogP contribution in [0.4, 0.5) is 10.5 Å². The van der Waals surface area contributed by atoms with Crippen LogP contribution >= 0.6 is 0 Å². The van der Waals surface area contributed by atoms with Crippen molar-refractivity contribution in [3.05, 3.63) is 29.8 Å². The number of carbonyl (C=O) groups excluding carboxylic acids is 1. The molecule has 3 aliphatic rings. The van der Waals surface area contributed by atoms with Crippen molar-refractivity contribution >= 4 is 11.7 Å². The highest BCUT2D eigenvalue weighted by molar-refractivity contribution is 5.90. The zero-order chi connectivity index (χ0) is 14.8. The van der Waals surface area contributed by atoms with Crippen LogP contribution in [0.5, 0.6) is 0 Å². The van der Waals surface area contributed by atoms with Crippen LogP contribution in [0.1, 0.15) is 25.3 Å². The molecule has 4 rings (SSSR count). The third kappa shape index (κ3) is 3.05. The molecule has 0 unspecified atom stereocenters. The maximum absolute atomic E-state index is 12.7. The number of hydrogen-bond donors (Lipinski definition) is 1. The van der Waals surface area contributed by atoms with Gasteiger partial charge in [-0.1, -0.05) is 25.1 Å². The minimum absolute atomic E-state index is 0.0703. The van der Waals surface area contributed by atoms with Gasteiger partial charge < -0.3 is 15.1 Å². The van der Waals surface area contributed by atoms with E-state index in [0.29, 0.717) is 12.0 Å². The largest absolute Gasteiger partial charge is 0.322 e. The second-order valence-corrected chi connectivity index (χ2v) is 6.41. The summed E-state index contributed by atoms with van der Waals surface area (Å²) in [6.45, 7) is 5.13. The molecular weight excluding hydrogens is 262 g/mol. The lowest BCUT2D eigenvalue weighted by molar-refractivity contribution is 0.152. The Kier molecular flexibility index (Phi) is 4.15. The Labute approximate surface area is 127 Å². The average molecular weight is 287 g/mol. The zero-order valence-corrected chi connectivity index (χ0v) is 13.0. The van der Waals surface area contributed by atoms with E-state index in [9.17, 15) is 4.79 Å². The van der Waals surface area contributed by atoms with E-state index in [-0.39, 0.29) is 6.03 Å². The summed E-state index contributed by atoms with van der Waals surface area (Å²) in [7, 11) is 2.17. The van der Waals surface area contributed by atoms with Crippen molar-refractivity contribution in [3.63, 3.8) is 0 Å². The Morgan fingerprint density at radius 2 is 2.05 bits per heavy atom. The molecule has 0 spiro atoms. The van der Waals surface area contributed by atoms with Crippen LogP contribution in [0.15, 0.2) is 24.3 Å². The number of amides is 2. The van der Waals surface area contributed by atoms with Crippen LogP contribution in [0.3, 0.4) is 0 Å². The first-order valence-electron chi connectivity index (χ1n) is 8.01. The molecule has 114 valence electrons. The SMILES string of the molecule is CCc1ccccc1NC(=O)N1C[C@H]2CC[C@@H]1CN(C)C2. The van der Waals surface area contributed by atoms with Gasteiger partial charge in [0, 0.05) is 31.4 Å². The number of hydrogen-bond acceptors (Lipinski definition) is 2. The molecule has 0 aromatic heterocycles. The van der Waals surface area contributed by atoms with E-state index in [0.717, 1.165) is 38.2 Å². The topological polar surface area (TPSA) is 35.6 Å². The first-order valence-corrected chi connectivity index (χ1v) is 8.01. The van der Waals surface area contributed by atoms with E-state index < -0.39 is 0 Å². The summed E-state index contributed by atoms with van der Waals surface area (Å²) >= 11 is 0. The Bertz CT molecular complexity index is 517. The Morgan fingerprint density at radius 1 is 1.24 bits per heavy atom. The highest BCUT2D eigenvalue weighted by atomic mass is 16.2. The fourth-order valence-electron chi connectivity index (χ4n) is 3.70. The summed E-state index contributed by atoms with van der Waals surface area (Å²) in [4.78, 5) is 17.1. The molecule has 3 saturated heterocycles. The fourth-order valence-corrected chi connectivity index (χ4v) is 3.70. The number of fused-ring (bicyclic) bond motifs is 4. The number of rotatable bonds is 2. The number of nitrogens with one attached hydrogen (secondary N) is 1. The van der Waals surface area contributed by atoms with Gasteiger partial charge in [0.25, 0.3) is 0 Å². The van der Waals surface area contributed by atoms with Gasteiger partial charge in [-0.3, -0.25) is 0 Å². The van der Waals surface area contributed by atoms with Crippen molar-refractivity contribution in [2.24, 2.45) is 5.92 Å². The monoisotopic (exact) mass is 287 g/mol. The van der Waals surface area contributed by atoms with E-state index >= 15 is 0 Å². The molecule has 1 aromatic carbocycles. The predicted molar refractivity (Wildman–Crippen MR) is 85.6 cm³/mol. The molecule has 2 amide bonds. The predicted octanol–water partition coefficient (Wildman–Crippen LogP) is 2.81. The molecule has 4 heteroatoms. The van der Waals surface area contributed by atoms with Gasteiger partial charge in [-0.15, -0.1) is 0 Å². The quantitative estimate of drug-likeness (QED) is 0.908. The maximum atomic E-state index is 12.7. The average Bonchev–Trinajstić information content (AvgIpc) is 2.76. The van der Waals surface area contributed by atoms with Crippen LogP contribution < -0.4 is 5.32 Å². The van der Waals surface area contributed by atoms with Gasteiger partial charge in [0.15, 0.2) is 0 Å². The molecule has 0 radical (unpaired) electrons. The van der Waals surface area contributed by atoms with Gasteiger partial charge in [0.1, 0.15) is 0 Å². The molecule has 3 aliphatic heterocycles. The lowest BCUT2D eigenvalue weighted by atomic mass is 9.95. The number of benzene rings is 1. The van der Waals surface area contributed by atoms with Crippen molar-refractivity contribution in [2.75, 3.05) is 32.0 Å². The highest BCUT2D eigenvalue weighted by Gasteiger charge is 2.36. The summed E-state index contributed by atoms with van der Waals surface area (Å²) in [6, 6.07) is 8.52. The molecule has 0 saturated carbocycles. The molecule has 2 atom stereocenters. The first kappa shape index (κ1) is 14.4. The number of likely N-dealkylation sites (N-methyl/N-ethyl adjacent to an activating group) is 1. The number of carbonyl (C=O) groups is 1. The second kappa shape index (κ2) is 6.06. The molecule has 21 heavy (non-hydrogen) atoms. The number of piperidine rings is 1. The molecule has 3 heterocycles. The number of urea groups is 1. The van der Waals surface area contributed by atoms with E-state index in [2.05, 4.69) is 35.2 Å². The normalized spacial score (nSPS) is 25.7. The smallest absolute Gasteiger partial charge is 0.320 e. The zero-order valence-electron chi connectivity index (χ0n) is 13.0. The summed E-state index contributed by atoms with van der Waals surface area (Å²) in [5, 5.41) is 3.13. The molecule has 0 aliphatic carbocycles. The highest BCUT2D eigenvalue weighted by Crippen LogP contribution is 2.28. The van der Waals surface area contributed by atoms with Crippen molar-refractivity contribution in [1.82, 2.24) is 9.80 Å². The van der Waals surface area contributed by atoms with E-state index in [4.69, 9.17) is 0 Å². The Morgan fingerprint density at radius 3 is 2.86 bits per heavy atom. The fraction of sp³-hybridized carbons (Fsp3) is 0.588. The lowest BCUT2D eigenvalue weighted by Gasteiger charge is -2.36. The summed E-state index contributed by atoms with van der Waals surface area (Å²) in [5.41, 5.74) is 2.15. The molecule has 1 aromatic rings. The van der Waals surface area contributed by atoms with Crippen LogP contribution in [0.25, 0.3) is 0 Å². The van der Waals surface area contributed by atoms with E-state index in [1.807, 2.05) is 18.2 Å². The van der Waals surface area contributed by atoms with Crippen LogP contribution in [-0.2, 0) is 6.42 Å². The second-order valence-electron chi connectivity index (χ2n) is 6.41. The van der Waals surface area contributed by atoms with E-state index in [1.54, 1.807) is 0 Å². The van der Waals surface area contributed by atoms with Crippen molar-refractivity contribution in [3.8, 4) is 0 Å². The lowest BCUT2D eigenvalue weighted by Crippen LogP contribution is -2.49. The van der Waals surface area contributed by atoms with Crippen LogP contribution in [0.2, 0.25) is 0 Å². The van der Waals surface area contributed by atoms with Gasteiger partial charge in [0.2, 0.25) is 0 Å². The molecule has 1 N–H and O–H groups in total. The van der Waals surface area contributed by atoms with Crippen molar-refractivity contribution < 1.29 is 4.79 Å². The third-order valence-electron chi connectivity index (χ3n) is 4.80. The molecule has 2 bridgehead atoms. The molecule has 4 nitrogen and oxygen atoms in total. The Hall–Kier alpha value is -1.55. The minimum Gasteiger partial charge on any atom is -0.320 e. The van der Waals surface area contributed by atoms with Gasteiger partial charge in [0.05, 0.1) is 0 Å². The number of para-hydroxylation sites is 1. The number of anilines is 1. The van der Waals surface area contributed by atoms with Gasteiger partial charge in [-0.2, -0.15) is 0 Å². The van der Waals surface area contributed by atoms with Crippen molar-refractivity contribution in [1.29, 1.82) is 0 Å². The van der Waals surface area contributed by atoms with Crippen LogP contribution in [-0.4, -0.2) is 48.6 Å². The molecule has 3 fully saturated rings.